The summed E-state index contributed by atoms with van der Waals surface area (Å²) < 4.78 is 43.0. The third kappa shape index (κ3) is 7.01. The molecule has 0 bridgehead atoms. The summed E-state index contributed by atoms with van der Waals surface area (Å²) >= 11 is 0. The molecule has 0 aliphatic carbocycles. The lowest BCUT2D eigenvalue weighted by Gasteiger charge is -2.43. The molecule has 0 spiro atoms. The Morgan fingerprint density at radius 3 is 2.23 bits per heavy atom. The second-order valence-corrected chi connectivity index (χ2v) is 16.6. The molecule has 2 atom stereocenters. The minimum Gasteiger partial charge on any atom is -0.480 e. The van der Waals surface area contributed by atoms with E-state index in [-0.39, 0.29) is 42.7 Å². The molecule has 9 nitrogen and oxygen atoms in total. The van der Waals surface area contributed by atoms with Gasteiger partial charge >= 0.3 is 5.97 Å². The molecule has 0 fully saturated rings. The van der Waals surface area contributed by atoms with Crippen LogP contribution in [0.25, 0.3) is 0 Å². The van der Waals surface area contributed by atoms with Crippen molar-refractivity contribution in [2.45, 2.75) is 51.7 Å². The van der Waals surface area contributed by atoms with Crippen LogP contribution in [0, 0.1) is 12.7 Å². The molecule has 47 heavy (non-hydrogen) atoms. The summed E-state index contributed by atoms with van der Waals surface area (Å²) in [6.07, 6.45) is 2.79. The van der Waals surface area contributed by atoms with Gasteiger partial charge in [0.05, 0.1) is 19.7 Å². The Balaban J connectivity index is 1.47. The van der Waals surface area contributed by atoms with Crippen LogP contribution in [0.2, 0.25) is 5.04 Å². The van der Waals surface area contributed by atoms with E-state index >= 15 is 0 Å². The largest absolute Gasteiger partial charge is 0.480 e. The van der Waals surface area contributed by atoms with Crippen LogP contribution in [0.15, 0.2) is 109 Å². The Kier molecular flexibility index (Phi) is 9.83. The summed E-state index contributed by atoms with van der Waals surface area (Å²) in [6, 6.07) is 24.5. The maximum atomic E-state index is 14.8. The van der Waals surface area contributed by atoms with Gasteiger partial charge in [0.15, 0.2) is 6.04 Å². The van der Waals surface area contributed by atoms with E-state index in [2.05, 4.69) is 55.0 Å². The van der Waals surface area contributed by atoms with Crippen LogP contribution in [0.1, 0.15) is 34.6 Å². The van der Waals surface area contributed by atoms with Crippen LogP contribution in [0.4, 0.5) is 10.1 Å². The molecule has 0 amide bonds. The molecule has 2 unspecified atom stereocenters. The third-order valence-electron chi connectivity index (χ3n) is 8.21. The van der Waals surface area contributed by atoms with Crippen molar-refractivity contribution < 1.29 is 29.6 Å². The van der Waals surface area contributed by atoms with E-state index in [0.717, 1.165) is 10.4 Å². The lowest BCUT2D eigenvalue weighted by Crippen LogP contribution is -2.66. The maximum Gasteiger partial charge on any atom is 0.332 e. The summed E-state index contributed by atoms with van der Waals surface area (Å²) in [7, 11) is -2.88. The van der Waals surface area contributed by atoms with E-state index in [9.17, 15) is 14.3 Å². The van der Waals surface area contributed by atoms with E-state index in [4.69, 9.17) is 15.3 Å². The molecule has 11 heteroatoms. The van der Waals surface area contributed by atoms with Crippen molar-refractivity contribution in [1.29, 1.82) is 0 Å². The highest BCUT2D eigenvalue weighted by Crippen LogP contribution is 2.37. The molecule has 0 saturated heterocycles. The predicted molar refractivity (Wildman–Crippen MR) is 181 cm³/mol. The van der Waals surface area contributed by atoms with Gasteiger partial charge in [-0.25, -0.2) is 24.2 Å². The van der Waals surface area contributed by atoms with Crippen LogP contribution < -0.4 is 20.1 Å². The topological polar surface area (TPSA) is 97.2 Å². The van der Waals surface area contributed by atoms with Crippen LogP contribution in [-0.2, 0) is 14.0 Å². The Hall–Kier alpha value is -4.74. The van der Waals surface area contributed by atoms with Crippen LogP contribution in [0.3, 0.4) is 0 Å². The van der Waals surface area contributed by atoms with Gasteiger partial charge in [-0.2, -0.15) is 0 Å². The number of carboxylic acids is 1. The van der Waals surface area contributed by atoms with Crippen molar-refractivity contribution >= 4 is 30.3 Å². The summed E-state index contributed by atoms with van der Waals surface area (Å²) in [6.45, 7) is 9.75. The number of hydrogen-bond donors (Lipinski definition) is 1. The number of halogens is 1. The van der Waals surface area contributed by atoms with Gasteiger partial charge in [0.25, 0.3) is 8.32 Å². The number of anilines is 1. The third-order valence-corrected chi connectivity index (χ3v) is 13.2. The van der Waals surface area contributed by atoms with Gasteiger partial charge in [0.1, 0.15) is 25.4 Å². The number of aromatic nitrogens is 2. The first-order chi connectivity index (χ1) is 23.0. The first-order valence-electron chi connectivity index (χ1n) is 16.0. The van der Waals surface area contributed by atoms with E-state index in [1.165, 1.54) is 29.7 Å². The van der Waals surface area contributed by atoms with Crippen LogP contribution in [-0.4, -0.2) is 66.3 Å². The fraction of sp³-hybridized carbons (Fsp3) is 0.306. The quantitative estimate of drug-likeness (QED) is 0.152. The van der Waals surface area contributed by atoms with Crippen molar-refractivity contribution in [3.63, 3.8) is 0 Å². The highest BCUT2D eigenvalue weighted by atomic mass is 28.4. The van der Waals surface area contributed by atoms with Gasteiger partial charge in [0.2, 0.25) is 11.8 Å². The number of hydrazine groups is 1. The van der Waals surface area contributed by atoms with Crippen molar-refractivity contribution in [2.75, 3.05) is 24.8 Å². The van der Waals surface area contributed by atoms with Crippen molar-refractivity contribution in [3.8, 4) is 5.88 Å². The van der Waals surface area contributed by atoms with Crippen LogP contribution >= 0.6 is 0 Å². The average molecular weight is 658 g/mol. The second-order valence-electron chi connectivity index (χ2n) is 12.3. The molecule has 3 aromatic carbocycles. The van der Waals surface area contributed by atoms with E-state index in [0.29, 0.717) is 11.3 Å². The molecule has 1 aliphatic rings. The zero-order valence-corrected chi connectivity index (χ0v) is 28.3. The summed E-state index contributed by atoms with van der Waals surface area (Å²) in [5.74, 6) is -1.47. The number of rotatable bonds is 13. The molecule has 1 aliphatic heterocycles. The van der Waals surface area contributed by atoms with Crippen molar-refractivity contribution in [1.82, 2.24) is 15.0 Å². The molecular formula is C36H41FN4O5Si. The van der Waals surface area contributed by atoms with Crippen LogP contribution in [0.5, 0.6) is 5.88 Å². The average Bonchev–Trinajstić information content (AvgIpc) is 3.31. The van der Waals surface area contributed by atoms with Gasteiger partial charge in [-0.1, -0.05) is 87.5 Å². The molecule has 0 saturated carbocycles. The molecular weight excluding hydrogens is 616 g/mol. The lowest BCUT2D eigenvalue weighted by molar-refractivity contribution is -0.145. The molecule has 4 aromatic rings. The summed E-state index contributed by atoms with van der Waals surface area (Å²) in [5.41, 5.74) is 0.710. The zero-order valence-electron chi connectivity index (χ0n) is 28.3. The number of benzene rings is 3. The molecule has 1 N–H and O–H groups in total. The maximum absolute atomic E-state index is 14.8. The smallest absolute Gasteiger partial charge is 0.332 e. The monoisotopic (exact) mass is 657 g/mol. The normalized spacial score (nSPS) is 16.2. The molecule has 2 heterocycles. The van der Waals surface area contributed by atoms with Gasteiger partial charge in [0, 0.05) is 23.9 Å². The number of aliphatic carboxylic acids is 1. The summed E-state index contributed by atoms with van der Waals surface area (Å²) in [4.78, 5) is 20.8. The van der Waals surface area contributed by atoms with Gasteiger partial charge < -0.3 is 19.0 Å². The number of ether oxygens (including phenoxy) is 2. The molecule has 0 radical (unpaired) electrons. The Morgan fingerprint density at radius 2 is 1.66 bits per heavy atom. The first kappa shape index (κ1) is 32.2. The van der Waals surface area contributed by atoms with E-state index in [1.54, 1.807) is 31.0 Å². The van der Waals surface area contributed by atoms with Crippen molar-refractivity contribution in [2.24, 2.45) is 0 Å². The predicted octanol–water partition coefficient (Wildman–Crippen LogP) is 5.32. The van der Waals surface area contributed by atoms with Crippen molar-refractivity contribution in [3.05, 3.63) is 121 Å². The number of hydrogen-bond acceptors (Lipinski definition) is 8. The first-order valence-corrected chi connectivity index (χ1v) is 17.4. The fourth-order valence-corrected chi connectivity index (χ4v) is 10.6. The fourth-order valence-electron chi connectivity index (χ4n) is 6.03. The van der Waals surface area contributed by atoms with E-state index in [1.807, 2.05) is 36.4 Å². The van der Waals surface area contributed by atoms with E-state index < -0.39 is 32.2 Å². The molecule has 5 rings (SSSR count). The SMILES string of the molecule is [2H]C1=C(OCCO[Si](c2ccccc2)(c2ccccc2)C(C)(C)C)N(C(COc2ccncn2)C(=O)O)N(c2cccc(F)c2C)C1C. The molecule has 246 valence electrons. The highest BCUT2D eigenvalue weighted by Gasteiger charge is 2.50. The standard InChI is InChI=1S/C36H41FN4O5Si/c1-26-23-34(44-21-22-46-47(36(3,4)5,28-13-8-6-9-14-28)29-15-10-7-11-16-29)41(40(26)31-18-12-17-30(37)27(31)2)32(35(42)43)24-45-33-19-20-38-25-39-33/h6-20,23,25-26,32H,21-22,24H2,1-5H3,(H,42,43)/i23D. The summed E-state index contributed by atoms with van der Waals surface area (Å²) in [5, 5.41) is 15.4. The Bertz CT molecular complexity index is 1690. The Labute approximate surface area is 277 Å². The number of carbonyl (C=O) groups is 1. The number of carboxylic acid groups (broad SMARTS) is 1. The lowest BCUT2D eigenvalue weighted by atomic mass is 10.1. The van der Waals surface area contributed by atoms with Gasteiger partial charge in [-0.15, -0.1) is 0 Å². The minimum atomic E-state index is -2.88. The van der Waals surface area contributed by atoms with Gasteiger partial charge in [-0.05, 0) is 41.4 Å². The molecule has 1 aromatic heterocycles. The minimum absolute atomic E-state index is 0.0240. The zero-order chi connectivity index (χ0) is 34.5. The Morgan fingerprint density at radius 1 is 1.00 bits per heavy atom. The van der Waals surface area contributed by atoms with Gasteiger partial charge in [-0.3, -0.25) is 5.01 Å². The number of nitrogens with zero attached hydrogens (tertiary/aromatic N) is 4. The second kappa shape index (κ2) is 14.4. The highest BCUT2D eigenvalue weighted by molar-refractivity contribution is 6.99.